The van der Waals surface area contributed by atoms with Gasteiger partial charge in [-0.05, 0) is 6.16 Å². The third-order valence-electron chi connectivity index (χ3n) is 0. The second-order valence-electron chi connectivity index (χ2n) is 0.250. The second-order valence-corrected chi connectivity index (χ2v) is 0.250. The molecule has 0 bridgehead atoms. The van der Waals surface area contributed by atoms with Gasteiger partial charge in [-0.25, -0.2) is 0 Å². The van der Waals surface area contributed by atoms with E-state index in [1.54, 1.807) is 0 Å². The van der Waals surface area contributed by atoms with Gasteiger partial charge >= 0.3 is 0 Å². The van der Waals surface area contributed by atoms with Crippen LogP contribution in [0.2, 0.25) is 0 Å². The molecule has 0 amide bonds. The number of hydrogen-bond acceptors (Lipinski definition) is 3. The van der Waals surface area contributed by atoms with Crippen LogP contribution in [0, 0.1) is 0 Å². The minimum absolute atomic E-state index is 0. The van der Waals surface area contributed by atoms with Crippen LogP contribution in [-0.2, 0) is 16.8 Å². The zero-order chi connectivity index (χ0) is 3.58. The van der Waals surface area contributed by atoms with Gasteiger partial charge in [-0.1, -0.05) is 0 Å². The summed E-state index contributed by atoms with van der Waals surface area (Å²) in [6.45, 7) is 0. The van der Waals surface area contributed by atoms with Gasteiger partial charge in [0, 0.05) is 16.8 Å². The molecule has 0 fully saturated rings. The summed E-state index contributed by atoms with van der Waals surface area (Å²) in [6.07, 6.45) is -2.33. The molecule has 0 rings (SSSR count). The largest absolute Gasteiger partial charge is 0.652 e. The third-order valence-corrected chi connectivity index (χ3v) is 0. The monoisotopic (exact) mass is 137 g/mol. The fourth-order valence-electron chi connectivity index (χ4n) is 0. The zero-order valence-corrected chi connectivity index (χ0v) is 3.60. The first kappa shape index (κ1) is 17.2. The number of hydrogen-bond donors (Lipinski definition) is 0. The van der Waals surface area contributed by atoms with E-state index in [1.807, 2.05) is 0 Å². The average Bonchev–Trinajstić information content (AvgIpc) is 0.811. The Kier molecular flexibility index (Phi) is 25.3. The van der Waals surface area contributed by atoms with E-state index < -0.39 is 6.16 Å². The number of carboxylic acid groups (broad SMARTS) is 2. The Labute approximate surface area is 44.3 Å². The molecule has 0 aliphatic rings. The van der Waals surface area contributed by atoms with Gasteiger partial charge in [-0.15, -0.1) is 0 Å². The first-order chi connectivity index (χ1) is 1.73. The van der Waals surface area contributed by atoms with Crippen LogP contribution in [0.25, 0.3) is 0 Å². The summed E-state index contributed by atoms with van der Waals surface area (Å²) in [7, 11) is 0. The first-order valence-electron chi connectivity index (χ1n) is 0.612. The molecule has 0 saturated carbocycles. The maximum atomic E-state index is 8.33. The topological polar surface area (TPSA) is 94.7 Å². The van der Waals surface area contributed by atoms with E-state index in [9.17, 15) is 0 Å². The number of carbonyl (C=O) groups is 1. The quantitative estimate of drug-likeness (QED) is 0.350. The van der Waals surface area contributed by atoms with Crippen molar-refractivity contribution < 1.29 is 37.3 Å². The fourth-order valence-corrected chi connectivity index (χ4v) is 0. The van der Waals surface area contributed by atoms with Gasteiger partial charge in [0.05, 0.1) is 0 Å². The SMILES string of the molecule is O.O=C([O-])[O-].[Co]. The number of rotatable bonds is 0. The van der Waals surface area contributed by atoms with Crippen LogP contribution in [0.15, 0.2) is 0 Å². The van der Waals surface area contributed by atoms with Crippen molar-refractivity contribution in [2.75, 3.05) is 0 Å². The Hall–Kier alpha value is -0.264. The van der Waals surface area contributed by atoms with Crippen molar-refractivity contribution in [2.24, 2.45) is 0 Å². The summed E-state index contributed by atoms with van der Waals surface area (Å²) in [4.78, 5) is 8.33. The van der Waals surface area contributed by atoms with Crippen molar-refractivity contribution in [3.63, 3.8) is 0 Å². The maximum absolute atomic E-state index is 8.33. The molecule has 5 heteroatoms. The van der Waals surface area contributed by atoms with Crippen molar-refractivity contribution in [2.45, 2.75) is 0 Å². The van der Waals surface area contributed by atoms with Crippen molar-refractivity contribution in [1.29, 1.82) is 0 Å². The molecule has 0 aliphatic heterocycles. The summed E-state index contributed by atoms with van der Waals surface area (Å²) in [5, 5.41) is 16.7. The molecule has 0 aromatic carbocycles. The summed E-state index contributed by atoms with van der Waals surface area (Å²) < 4.78 is 0. The molecule has 2 N–H and O–H groups in total. The van der Waals surface area contributed by atoms with Crippen molar-refractivity contribution in [3.05, 3.63) is 0 Å². The molecule has 6 heavy (non-hydrogen) atoms. The van der Waals surface area contributed by atoms with Gasteiger partial charge in [0.25, 0.3) is 0 Å². The third kappa shape index (κ3) is 403. The molecule has 41 valence electrons. The molecular formula is CH2CoO4-2. The van der Waals surface area contributed by atoms with Crippen molar-refractivity contribution in [3.8, 4) is 0 Å². The molecule has 0 saturated heterocycles. The zero-order valence-electron chi connectivity index (χ0n) is 2.56. The van der Waals surface area contributed by atoms with Crippen LogP contribution in [0.4, 0.5) is 4.79 Å². The molecule has 0 spiro atoms. The van der Waals surface area contributed by atoms with Crippen LogP contribution in [0.5, 0.6) is 0 Å². The minimum atomic E-state index is -2.33. The van der Waals surface area contributed by atoms with Crippen molar-refractivity contribution >= 4 is 6.16 Å². The van der Waals surface area contributed by atoms with Gasteiger partial charge in [0.15, 0.2) is 0 Å². The Morgan fingerprint density at radius 3 is 1.33 bits per heavy atom. The summed E-state index contributed by atoms with van der Waals surface area (Å²) in [5.74, 6) is 0. The normalized spacial score (nSPS) is 4.00. The van der Waals surface area contributed by atoms with E-state index in [-0.39, 0.29) is 22.3 Å². The van der Waals surface area contributed by atoms with Crippen LogP contribution in [0.1, 0.15) is 0 Å². The van der Waals surface area contributed by atoms with E-state index in [0.717, 1.165) is 0 Å². The summed E-state index contributed by atoms with van der Waals surface area (Å²) >= 11 is 0. The molecule has 4 nitrogen and oxygen atoms in total. The van der Waals surface area contributed by atoms with Crippen LogP contribution in [0.3, 0.4) is 0 Å². The average molecular weight is 137 g/mol. The Balaban J connectivity index is -0.0000000450. The van der Waals surface area contributed by atoms with E-state index >= 15 is 0 Å². The van der Waals surface area contributed by atoms with E-state index in [0.29, 0.717) is 0 Å². The predicted molar refractivity (Wildman–Crippen MR) is 9.01 cm³/mol. The van der Waals surface area contributed by atoms with Gasteiger partial charge in [-0.2, -0.15) is 0 Å². The molecule has 0 aromatic rings. The van der Waals surface area contributed by atoms with Crippen molar-refractivity contribution in [1.82, 2.24) is 0 Å². The molecular weight excluding hydrogens is 135 g/mol. The Morgan fingerprint density at radius 1 is 1.33 bits per heavy atom. The maximum Gasteiger partial charge on any atom is 0 e. The van der Waals surface area contributed by atoms with Crippen LogP contribution >= 0.6 is 0 Å². The smallest absolute Gasteiger partial charge is 0 e. The molecule has 1 radical (unpaired) electrons. The van der Waals surface area contributed by atoms with Crippen LogP contribution < -0.4 is 10.2 Å². The van der Waals surface area contributed by atoms with Gasteiger partial charge < -0.3 is 20.5 Å². The predicted octanol–water partition coefficient (Wildman–Crippen LogP) is -3.27. The standard InChI is InChI=1S/CH2O3.Co.H2O/c2-1(3)4;;/h(H2,2,3,4);;1H2/p-2. The Morgan fingerprint density at radius 2 is 1.33 bits per heavy atom. The summed E-state index contributed by atoms with van der Waals surface area (Å²) in [6, 6.07) is 0. The molecule has 0 aromatic heterocycles. The van der Waals surface area contributed by atoms with E-state index in [1.165, 1.54) is 0 Å². The minimum Gasteiger partial charge on any atom is -0.652 e. The Bertz CT molecular complexity index is 30.5. The van der Waals surface area contributed by atoms with E-state index in [2.05, 4.69) is 0 Å². The van der Waals surface area contributed by atoms with Gasteiger partial charge in [0.2, 0.25) is 0 Å². The second kappa shape index (κ2) is 8.83. The molecule has 0 atom stereocenters. The van der Waals surface area contributed by atoms with Gasteiger partial charge in [0.1, 0.15) is 0 Å². The molecule has 0 aliphatic carbocycles. The molecule has 0 unspecified atom stereocenters. The van der Waals surface area contributed by atoms with E-state index in [4.69, 9.17) is 15.0 Å². The van der Waals surface area contributed by atoms with Crippen LogP contribution in [-0.4, -0.2) is 11.6 Å². The fraction of sp³-hybridized carbons (Fsp3) is 0. The molecule has 0 heterocycles. The van der Waals surface area contributed by atoms with Gasteiger partial charge in [-0.3, -0.25) is 0 Å². The number of carbonyl (C=O) groups excluding carboxylic acids is 1. The summed E-state index contributed by atoms with van der Waals surface area (Å²) in [5.41, 5.74) is 0. The first-order valence-corrected chi connectivity index (χ1v) is 0.612.